The molecule has 0 bridgehead atoms. The van der Waals surface area contributed by atoms with E-state index in [1.807, 2.05) is 5.51 Å². The molecule has 0 amide bonds. The Kier molecular flexibility index (Phi) is 3.25. The van der Waals surface area contributed by atoms with Gasteiger partial charge in [0.15, 0.2) is 0 Å². The number of hydrogen-bond acceptors (Lipinski definition) is 3. The van der Waals surface area contributed by atoms with Crippen molar-refractivity contribution in [2.45, 2.75) is 26.8 Å². The number of nitrogens with one attached hydrogen (secondary N) is 1. The van der Waals surface area contributed by atoms with Crippen LogP contribution in [0.5, 0.6) is 0 Å². The molecule has 0 radical (unpaired) electrons. The van der Waals surface area contributed by atoms with Gasteiger partial charge in [-0.2, -0.15) is 0 Å². The van der Waals surface area contributed by atoms with E-state index < -0.39 is 0 Å². The van der Waals surface area contributed by atoms with E-state index in [1.54, 1.807) is 11.3 Å². The summed E-state index contributed by atoms with van der Waals surface area (Å²) in [5.74, 6) is 0. The van der Waals surface area contributed by atoms with Gasteiger partial charge in [-0.1, -0.05) is 17.7 Å². The lowest BCUT2D eigenvalue weighted by Gasteiger charge is -2.15. The molecule has 1 heterocycles. The lowest BCUT2D eigenvalue weighted by Crippen LogP contribution is -2.07. The number of aryl methyl sites for hydroxylation is 2. The van der Waals surface area contributed by atoms with Crippen molar-refractivity contribution in [2.24, 2.45) is 0 Å². The first-order chi connectivity index (χ1) is 7.66. The van der Waals surface area contributed by atoms with Crippen molar-refractivity contribution < 1.29 is 0 Å². The summed E-state index contributed by atoms with van der Waals surface area (Å²) in [5.41, 5.74) is 6.73. The van der Waals surface area contributed by atoms with Crippen LogP contribution in [0.15, 0.2) is 29.1 Å². The quantitative estimate of drug-likeness (QED) is 0.867. The molecule has 1 aromatic heterocycles. The SMILES string of the molecule is Cc1ccc(NC(C)c2cscn2)c(C)c1. The molecule has 0 spiro atoms. The molecule has 84 valence electrons. The van der Waals surface area contributed by atoms with Crippen LogP contribution >= 0.6 is 11.3 Å². The van der Waals surface area contributed by atoms with Crippen molar-refractivity contribution in [1.29, 1.82) is 0 Å². The average Bonchev–Trinajstić information content (AvgIpc) is 2.75. The van der Waals surface area contributed by atoms with Gasteiger partial charge < -0.3 is 5.32 Å². The third-order valence-corrected chi connectivity index (χ3v) is 3.25. The van der Waals surface area contributed by atoms with Crippen LogP contribution in [0.2, 0.25) is 0 Å². The van der Waals surface area contributed by atoms with Crippen LogP contribution in [-0.2, 0) is 0 Å². The minimum Gasteiger partial charge on any atom is -0.377 e. The summed E-state index contributed by atoms with van der Waals surface area (Å²) >= 11 is 1.63. The van der Waals surface area contributed by atoms with Crippen LogP contribution in [0.1, 0.15) is 29.8 Å². The highest BCUT2D eigenvalue weighted by molar-refractivity contribution is 7.07. The molecule has 16 heavy (non-hydrogen) atoms. The van der Waals surface area contributed by atoms with Crippen molar-refractivity contribution in [3.63, 3.8) is 0 Å². The summed E-state index contributed by atoms with van der Waals surface area (Å²) in [4.78, 5) is 4.32. The molecular formula is C13H16N2S. The van der Waals surface area contributed by atoms with Gasteiger partial charge in [-0.15, -0.1) is 11.3 Å². The molecule has 3 heteroatoms. The van der Waals surface area contributed by atoms with E-state index in [-0.39, 0.29) is 6.04 Å². The molecule has 2 nitrogen and oxygen atoms in total. The first-order valence-electron chi connectivity index (χ1n) is 5.38. The van der Waals surface area contributed by atoms with Crippen molar-refractivity contribution in [2.75, 3.05) is 5.32 Å². The van der Waals surface area contributed by atoms with Gasteiger partial charge in [0.1, 0.15) is 0 Å². The molecule has 2 aromatic rings. The van der Waals surface area contributed by atoms with E-state index in [0.29, 0.717) is 0 Å². The lowest BCUT2D eigenvalue weighted by atomic mass is 10.1. The highest BCUT2D eigenvalue weighted by Gasteiger charge is 2.08. The van der Waals surface area contributed by atoms with Crippen LogP contribution in [0.3, 0.4) is 0 Å². The highest BCUT2D eigenvalue weighted by atomic mass is 32.1. The monoisotopic (exact) mass is 232 g/mol. The molecule has 0 fully saturated rings. The van der Waals surface area contributed by atoms with Crippen molar-refractivity contribution >= 4 is 17.0 Å². The number of anilines is 1. The fourth-order valence-corrected chi connectivity index (χ4v) is 2.37. The first-order valence-corrected chi connectivity index (χ1v) is 6.33. The van der Waals surface area contributed by atoms with Crippen LogP contribution < -0.4 is 5.32 Å². The molecule has 2 rings (SSSR count). The summed E-state index contributed by atoms with van der Waals surface area (Å²) in [6, 6.07) is 6.71. The van der Waals surface area contributed by atoms with E-state index in [0.717, 1.165) is 5.69 Å². The number of rotatable bonds is 3. The Bertz CT molecular complexity index is 463. The van der Waals surface area contributed by atoms with Gasteiger partial charge in [-0.05, 0) is 32.4 Å². The fraction of sp³-hybridized carbons (Fsp3) is 0.308. The Morgan fingerprint density at radius 1 is 1.31 bits per heavy atom. The average molecular weight is 232 g/mol. The largest absolute Gasteiger partial charge is 0.377 e. The zero-order valence-electron chi connectivity index (χ0n) is 9.82. The Balaban J connectivity index is 2.15. The summed E-state index contributed by atoms with van der Waals surface area (Å²) in [6.07, 6.45) is 0. The van der Waals surface area contributed by atoms with Crippen molar-refractivity contribution in [1.82, 2.24) is 4.98 Å². The molecule has 0 saturated carbocycles. The highest BCUT2D eigenvalue weighted by Crippen LogP contribution is 2.22. The second-order valence-corrected chi connectivity index (χ2v) is 4.82. The van der Waals surface area contributed by atoms with Gasteiger partial charge in [0.2, 0.25) is 0 Å². The predicted molar refractivity (Wildman–Crippen MR) is 70.1 cm³/mol. The van der Waals surface area contributed by atoms with Crippen LogP contribution in [0, 0.1) is 13.8 Å². The van der Waals surface area contributed by atoms with E-state index in [2.05, 4.69) is 54.7 Å². The number of thiazole rings is 1. The standard InChI is InChI=1S/C13H16N2S/c1-9-4-5-12(10(2)6-9)15-11(3)13-7-16-8-14-13/h4-8,11,15H,1-3H3. The van der Waals surface area contributed by atoms with Gasteiger partial charge in [-0.25, -0.2) is 4.98 Å². The van der Waals surface area contributed by atoms with Crippen LogP contribution in [-0.4, -0.2) is 4.98 Å². The minimum absolute atomic E-state index is 0.257. The van der Waals surface area contributed by atoms with Crippen molar-refractivity contribution in [3.8, 4) is 0 Å². The normalized spacial score (nSPS) is 12.4. The molecule has 1 aromatic carbocycles. The van der Waals surface area contributed by atoms with Crippen LogP contribution in [0.4, 0.5) is 5.69 Å². The van der Waals surface area contributed by atoms with Crippen LogP contribution in [0.25, 0.3) is 0 Å². The summed E-state index contributed by atoms with van der Waals surface area (Å²) in [6.45, 7) is 6.37. The third kappa shape index (κ3) is 2.42. The van der Waals surface area contributed by atoms with Gasteiger partial charge in [0, 0.05) is 11.1 Å². The van der Waals surface area contributed by atoms with Gasteiger partial charge in [-0.3, -0.25) is 0 Å². The second-order valence-electron chi connectivity index (χ2n) is 4.10. The molecule has 0 aliphatic carbocycles. The smallest absolute Gasteiger partial charge is 0.0795 e. The molecule has 1 atom stereocenters. The summed E-state index contributed by atoms with van der Waals surface area (Å²) in [5, 5.41) is 5.57. The summed E-state index contributed by atoms with van der Waals surface area (Å²) in [7, 11) is 0. The van der Waals surface area contributed by atoms with E-state index in [1.165, 1.54) is 16.8 Å². The lowest BCUT2D eigenvalue weighted by molar-refractivity contribution is 0.848. The maximum Gasteiger partial charge on any atom is 0.0795 e. The number of hydrogen-bond donors (Lipinski definition) is 1. The summed E-state index contributed by atoms with van der Waals surface area (Å²) < 4.78 is 0. The van der Waals surface area contributed by atoms with Gasteiger partial charge in [0.25, 0.3) is 0 Å². The predicted octanol–water partition coefficient (Wildman–Crippen LogP) is 3.93. The van der Waals surface area contributed by atoms with Gasteiger partial charge >= 0.3 is 0 Å². The fourth-order valence-electron chi connectivity index (χ4n) is 1.72. The molecular weight excluding hydrogens is 216 g/mol. The number of benzene rings is 1. The Morgan fingerprint density at radius 2 is 2.12 bits per heavy atom. The Labute approximate surface area is 100 Å². The van der Waals surface area contributed by atoms with E-state index >= 15 is 0 Å². The van der Waals surface area contributed by atoms with E-state index in [4.69, 9.17) is 0 Å². The second kappa shape index (κ2) is 4.66. The molecule has 1 unspecified atom stereocenters. The molecule has 1 N–H and O–H groups in total. The Morgan fingerprint density at radius 3 is 2.75 bits per heavy atom. The number of aromatic nitrogens is 1. The first kappa shape index (κ1) is 11.1. The topological polar surface area (TPSA) is 24.9 Å². The maximum absolute atomic E-state index is 4.32. The number of nitrogens with zero attached hydrogens (tertiary/aromatic N) is 1. The minimum atomic E-state index is 0.257. The maximum atomic E-state index is 4.32. The zero-order valence-corrected chi connectivity index (χ0v) is 10.6. The van der Waals surface area contributed by atoms with E-state index in [9.17, 15) is 0 Å². The molecule has 0 aliphatic rings. The van der Waals surface area contributed by atoms with Gasteiger partial charge in [0.05, 0.1) is 17.2 Å². The van der Waals surface area contributed by atoms with Crippen molar-refractivity contribution in [3.05, 3.63) is 45.9 Å². The molecule has 0 aliphatic heterocycles. The Hall–Kier alpha value is -1.35. The zero-order chi connectivity index (χ0) is 11.5. The molecule has 0 saturated heterocycles. The third-order valence-electron chi connectivity index (χ3n) is 2.65.